The van der Waals surface area contributed by atoms with Crippen molar-refractivity contribution in [3.05, 3.63) is 24.4 Å². The van der Waals surface area contributed by atoms with Gasteiger partial charge >= 0.3 is 6.03 Å². The van der Waals surface area contributed by atoms with Crippen LogP contribution in [0.25, 0.3) is 0 Å². The van der Waals surface area contributed by atoms with Gasteiger partial charge in [0.2, 0.25) is 0 Å². The summed E-state index contributed by atoms with van der Waals surface area (Å²) in [7, 11) is 0. The molecule has 0 unspecified atom stereocenters. The van der Waals surface area contributed by atoms with Gasteiger partial charge in [-0.05, 0) is 26.8 Å². The number of rotatable bonds is 3. The zero-order valence-electron chi connectivity index (χ0n) is 14.1. The Labute approximate surface area is 137 Å². The lowest BCUT2D eigenvalue weighted by atomic mass is 10.1. The average molecular weight is 321 g/mol. The van der Waals surface area contributed by atoms with E-state index in [1.807, 2.05) is 39.1 Å². The van der Waals surface area contributed by atoms with Gasteiger partial charge in [0.05, 0.1) is 6.20 Å². The largest absolute Gasteiger partial charge is 0.333 e. The molecule has 1 aliphatic rings. The zero-order valence-corrected chi connectivity index (χ0v) is 14.1. The second kappa shape index (κ2) is 7.41. The van der Waals surface area contributed by atoms with E-state index in [0.29, 0.717) is 6.54 Å². The Bertz CT molecular complexity index is 533. The van der Waals surface area contributed by atoms with Crippen molar-refractivity contribution in [2.45, 2.75) is 26.3 Å². The summed E-state index contributed by atoms with van der Waals surface area (Å²) >= 11 is 0. The van der Waals surface area contributed by atoms with E-state index in [2.05, 4.69) is 26.6 Å². The number of nitrogens with one attached hydrogen (secondary N) is 4. The third-order valence-electron chi connectivity index (χ3n) is 3.66. The van der Waals surface area contributed by atoms with Crippen molar-refractivity contribution in [2.75, 3.05) is 37.6 Å². The standard InChI is InChI=1S/C16H25N5O2/c1-16(2,3)19-15(23)18-14(22)12-20-8-10-21(11-9-20)13-6-4-5-7-17-13/h4-7H,8-12H2,1-3H3,(H2,18,19,22,23)/p+2. The SMILES string of the molecule is CC(C)(C)NC(=O)NC(=O)C[NH+]1CCN(c2cccc[nH+]2)CC1. The maximum atomic E-state index is 11.9. The van der Waals surface area contributed by atoms with Crippen LogP contribution < -0.4 is 25.4 Å². The highest BCUT2D eigenvalue weighted by Gasteiger charge is 2.27. The van der Waals surface area contributed by atoms with E-state index in [1.54, 1.807) is 0 Å². The Kier molecular flexibility index (Phi) is 5.54. The first-order valence-electron chi connectivity index (χ1n) is 8.01. The van der Waals surface area contributed by atoms with Gasteiger partial charge in [0, 0.05) is 11.6 Å². The molecule has 0 aromatic carbocycles. The molecule has 0 aliphatic carbocycles. The molecule has 7 heteroatoms. The number of nitrogens with zero attached hydrogens (tertiary/aromatic N) is 1. The summed E-state index contributed by atoms with van der Waals surface area (Å²) in [5.41, 5.74) is -0.352. The summed E-state index contributed by atoms with van der Waals surface area (Å²) in [5.74, 6) is 0.863. The van der Waals surface area contributed by atoms with E-state index >= 15 is 0 Å². The highest BCUT2D eigenvalue weighted by atomic mass is 16.2. The van der Waals surface area contributed by atoms with Crippen LogP contribution in [0.4, 0.5) is 10.6 Å². The fourth-order valence-electron chi connectivity index (χ4n) is 2.59. The number of carbonyl (C=O) groups excluding carboxylic acids is 2. The monoisotopic (exact) mass is 321 g/mol. The van der Waals surface area contributed by atoms with Crippen LogP contribution in [0.15, 0.2) is 24.4 Å². The second-order valence-electron chi connectivity index (χ2n) is 6.91. The first kappa shape index (κ1) is 17.2. The summed E-state index contributed by atoms with van der Waals surface area (Å²) in [6.07, 6.45) is 1.91. The van der Waals surface area contributed by atoms with Gasteiger partial charge in [0.1, 0.15) is 26.2 Å². The van der Waals surface area contributed by atoms with Crippen molar-refractivity contribution < 1.29 is 19.5 Å². The van der Waals surface area contributed by atoms with Crippen LogP contribution in [0, 0.1) is 0 Å². The Morgan fingerprint density at radius 2 is 1.96 bits per heavy atom. The van der Waals surface area contributed by atoms with Crippen molar-refractivity contribution in [1.82, 2.24) is 10.6 Å². The number of urea groups is 1. The smallest absolute Gasteiger partial charge is 0.322 e. The van der Waals surface area contributed by atoms with Crippen LogP contribution in [0.2, 0.25) is 0 Å². The minimum Gasteiger partial charge on any atom is -0.333 e. The van der Waals surface area contributed by atoms with Crippen LogP contribution in [0.5, 0.6) is 0 Å². The number of amides is 3. The highest BCUT2D eigenvalue weighted by Crippen LogP contribution is 2.04. The number of aromatic nitrogens is 1. The molecule has 1 aromatic rings. The molecule has 0 radical (unpaired) electrons. The number of hydrogen-bond acceptors (Lipinski definition) is 3. The molecule has 1 aliphatic heterocycles. The maximum absolute atomic E-state index is 11.9. The number of carbonyl (C=O) groups is 2. The van der Waals surface area contributed by atoms with Gasteiger partial charge in [-0.1, -0.05) is 6.07 Å². The molecular weight excluding hydrogens is 294 g/mol. The summed E-state index contributed by atoms with van der Waals surface area (Å²) in [4.78, 5) is 30.3. The molecule has 4 N–H and O–H groups in total. The molecule has 1 fully saturated rings. The van der Waals surface area contributed by atoms with Gasteiger partial charge in [0.15, 0.2) is 6.54 Å². The van der Waals surface area contributed by atoms with Crippen molar-refractivity contribution in [3.8, 4) is 0 Å². The van der Waals surface area contributed by atoms with Crippen LogP contribution in [0.1, 0.15) is 20.8 Å². The molecule has 2 heterocycles. The van der Waals surface area contributed by atoms with Crippen molar-refractivity contribution >= 4 is 17.8 Å². The predicted octanol–water partition coefficient (Wildman–Crippen LogP) is -1.17. The maximum Gasteiger partial charge on any atom is 0.322 e. The lowest BCUT2D eigenvalue weighted by molar-refractivity contribution is -0.892. The third kappa shape index (κ3) is 5.86. The van der Waals surface area contributed by atoms with Gasteiger partial charge in [-0.3, -0.25) is 15.0 Å². The van der Waals surface area contributed by atoms with Crippen LogP contribution >= 0.6 is 0 Å². The quantitative estimate of drug-likeness (QED) is 0.656. The summed E-state index contributed by atoms with van der Waals surface area (Å²) in [6, 6.07) is 5.58. The number of hydrogen-bond donors (Lipinski definition) is 3. The molecule has 0 saturated carbocycles. The summed E-state index contributed by atoms with van der Waals surface area (Å²) < 4.78 is 0. The van der Waals surface area contributed by atoms with E-state index < -0.39 is 6.03 Å². The molecule has 2 rings (SSSR count). The Morgan fingerprint density at radius 3 is 2.52 bits per heavy atom. The number of H-pyrrole nitrogens is 1. The summed E-state index contributed by atoms with van der Waals surface area (Å²) in [6.45, 7) is 9.47. The van der Waals surface area contributed by atoms with E-state index in [9.17, 15) is 9.59 Å². The van der Waals surface area contributed by atoms with Crippen molar-refractivity contribution in [3.63, 3.8) is 0 Å². The van der Waals surface area contributed by atoms with Crippen LogP contribution in [-0.4, -0.2) is 50.2 Å². The molecule has 0 atom stereocenters. The highest BCUT2D eigenvalue weighted by molar-refractivity contribution is 5.94. The fourth-order valence-corrected chi connectivity index (χ4v) is 2.59. The molecule has 1 aromatic heterocycles. The van der Waals surface area contributed by atoms with Gasteiger partial charge in [-0.25, -0.2) is 9.78 Å². The Hall–Kier alpha value is -2.15. The Morgan fingerprint density at radius 1 is 1.26 bits per heavy atom. The minimum absolute atomic E-state index is 0.235. The molecule has 0 spiro atoms. The molecule has 3 amide bonds. The predicted molar refractivity (Wildman–Crippen MR) is 87.2 cm³/mol. The lowest BCUT2D eigenvalue weighted by Crippen LogP contribution is -3.16. The zero-order chi connectivity index (χ0) is 16.9. The first-order valence-corrected chi connectivity index (χ1v) is 8.01. The lowest BCUT2D eigenvalue weighted by Gasteiger charge is -2.28. The van der Waals surface area contributed by atoms with Crippen LogP contribution in [0.3, 0.4) is 0 Å². The molecule has 1 saturated heterocycles. The number of anilines is 1. The number of quaternary nitrogens is 1. The van der Waals surface area contributed by atoms with E-state index in [-0.39, 0.29) is 11.4 Å². The number of aromatic amines is 1. The van der Waals surface area contributed by atoms with Gasteiger partial charge in [0.25, 0.3) is 11.7 Å². The molecular formula is C16H27N5O2+2. The first-order chi connectivity index (χ1) is 10.8. The van der Waals surface area contributed by atoms with Gasteiger partial charge in [-0.2, -0.15) is 0 Å². The van der Waals surface area contributed by atoms with Gasteiger partial charge < -0.3 is 10.2 Å². The molecule has 23 heavy (non-hydrogen) atoms. The molecule has 126 valence electrons. The molecule has 7 nitrogen and oxygen atoms in total. The van der Waals surface area contributed by atoms with Crippen LogP contribution in [-0.2, 0) is 4.79 Å². The fraction of sp³-hybridized carbons (Fsp3) is 0.562. The topological polar surface area (TPSA) is 80.0 Å². The number of pyridine rings is 1. The van der Waals surface area contributed by atoms with E-state index in [1.165, 1.54) is 4.90 Å². The minimum atomic E-state index is -0.431. The summed E-state index contributed by atoms with van der Waals surface area (Å²) in [5, 5.41) is 5.12. The van der Waals surface area contributed by atoms with E-state index in [0.717, 1.165) is 32.0 Å². The number of piperazine rings is 1. The van der Waals surface area contributed by atoms with E-state index in [4.69, 9.17) is 0 Å². The normalized spacial score (nSPS) is 16.0. The Balaban J connectivity index is 1.74. The second-order valence-corrected chi connectivity index (χ2v) is 6.91. The molecule has 0 bridgehead atoms. The average Bonchev–Trinajstić information content (AvgIpc) is 2.46. The van der Waals surface area contributed by atoms with Gasteiger partial charge in [-0.15, -0.1) is 0 Å². The van der Waals surface area contributed by atoms with Crippen molar-refractivity contribution in [1.29, 1.82) is 0 Å². The van der Waals surface area contributed by atoms with Crippen molar-refractivity contribution in [2.24, 2.45) is 0 Å². The number of imide groups is 1. The third-order valence-corrected chi connectivity index (χ3v) is 3.66.